The maximum absolute atomic E-state index is 6.70. The van der Waals surface area contributed by atoms with Gasteiger partial charge in [-0.05, 0) is 74.4 Å². The molecule has 1 saturated heterocycles. The monoisotopic (exact) mass is 560 g/mol. The van der Waals surface area contributed by atoms with Crippen LogP contribution < -0.4 is 4.74 Å². The largest absolute Gasteiger partial charge is 0.494 e. The summed E-state index contributed by atoms with van der Waals surface area (Å²) in [5.74, 6) is 0.877. The average Bonchev–Trinajstić information content (AvgIpc) is 2.93. The molecule has 0 bridgehead atoms. The van der Waals surface area contributed by atoms with Crippen molar-refractivity contribution in [2.45, 2.75) is 110 Å². The van der Waals surface area contributed by atoms with Crippen LogP contribution in [0.15, 0.2) is 42.5 Å². The Balaban J connectivity index is 1.89. The van der Waals surface area contributed by atoms with E-state index in [2.05, 4.69) is 52.0 Å². The van der Waals surface area contributed by atoms with Crippen molar-refractivity contribution in [1.82, 2.24) is 0 Å². The molecule has 0 amide bonds. The number of rotatable bonds is 17. The van der Waals surface area contributed by atoms with Crippen molar-refractivity contribution >= 4 is 11.6 Å². The normalized spacial score (nSPS) is 23.2. The fraction of sp³-hybridized carbons (Fsp3) is 0.636. The smallest absolute Gasteiger partial charge is 0.119 e. The summed E-state index contributed by atoms with van der Waals surface area (Å²) in [6.45, 7) is 13.3. The third-order valence-corrected chi connectivity index (χ3v) is 7.59. The van der Waals surface area contributed by atoms with Crippen molar-refractivity contribution in [2.75, 3.05) is 26.4 Å². The second-order valence-corrected chi connectivity index (χ2v) is 10.8. The van der Waals surface area contributed by atoms with Crippen molar-refractivity contribution in [2.24, 2.45) is 0 Å². The first kappa shape index (κ1) is 31.9. The van der Waals surface area contributed by atoms with Crippen molar-refractivity contribution in [3.05, 3.63) is 64.2 Å². The number of ether oxygens (including phenoxy) is 5. The van der Waals surface area contributed by atoms with Gasteiger partial charge in [-0.25, -0.2) is 0 Å². The van der Waals surface area contributed by atoms with E-state index in [0.29, 0.717) is 26.4 Å². The molecule has 1 aliphatic heterocycles. The molecule has 5 nitrogen and oxygen atoms in total. The molecule has 2 aromatic carbocycles. The van der Waals surface area contributed by atoms with Gasteiger partial charge in [0.05, 0.1) is 12.7 Å². The first-order valence-electron chi connectivity index (χ1n) is 15.0. The van der Waals surface area contributed by atoms with Gasteiger partial charge >= 0.3 is 0 Å². The average molecular weight is 561 g/mol. The summed E-state index contributed by atoms with van der Waals surface area (Å²) in [4.78, 5) is 0. The third kappa shape index (κ3) is 9.47. The van der Waals surface area contributed by atoms with Crippen molar-refractivity contribution in [3.63, 3.8) is 0 Å². The Hall–Kier alpha value is -1.63. The minimum absolute atomic E-state index is 0.130. The highest BCUT2D eigenvalue weighted by molar-refractivity contribution is 6.31. The first-order chi connectivity index (χ1) is 19.0. The lowest BCUT2D eigenvalue weighted by Gasteiger charge is -2.45. The first-order valence-corrected chi connectivity index (χ1v) is 15.4. The number of halogens is 1. The molecular formula is C33H49ClO5. The van der Waals surface area contributed by atoms with Crippen LogP contribution in [0.2, 0.25) is 5.02 Å². The molecule has 1 heterocycles. The molecule has 0 radical (unpaired) electrons. The van der Waals surface area contributed by atoms with Crippen molar-refractivity contribution in [1.29, 1.82) is 0 Å². The molecule has 1 aliphatic rings. The molecule has 1 fully saturated rings. The summed E-state index contributed by atoms with van der Waals surface area (Å²) < 4.78 is 31.8. The summed E-state index contributed by atoms with van der Waals surface area (Å²) in [5.41, 5.74) is 3.30. The zero-order chi connectivity index (χ0) is 28.0. The van der Waals surface area contributed by atoms with Crippen molar-refractivity contribution in [3.8, 4) is 5.75 Å². The molecule has 0 N–H and O–H groups in total. The Bertz CT molecular complexity index is 950. The van der Waals surface area contributed by atoms with E-state index < -0.39 is 0 Å². The van der Waals surface area contributed by atoms with Gasteiger partial charge in [0.1, 0.15) is 30.2 Å². The maximum atomic E-state index is 6.70. The van der Waals surface area contributed by atoms with Crippen LogP contribution in [0.1, 0.15) is 95.9 Å². The van der Waals surface area contributed by atoms with E-state index in [0.717, 1.165) is 66.8 Å². The molecule has 5 atom stereocenters. The van der Waals surface area contributed by atoms with Crippen LogP contribution in [0.25, 0.3) is 0 Å². The van der Waals surface area contributed by atoms with E-state index in [-0.39, 0.29) is 30.5 Å². The molecule has 0 saturated carbocycles. The molecule has 39 heavy (non-hydrogen) atoms. The second-order valence-electron chi connectivity index (χ2n) is 10.4. The third-order valence-electron chi connectivity index (χ3n) is 7.22. The lowest BCUT2D eigenvalue weighted by molar-refractivity contribution is -0.257. The van der Waals surface area contributed by atoms with Gasteiger partial charge in [0.25, 0.3) is 0 Å². The van der Waals surface area contributed by atoms with Gasteiger partial charge in [-0.2, -0.15) is 0 Å². The number of unbranched alkanes of at least 4 members (excludes halogenated alkanes) is 3. The Morgan fingerprint density at radius 3 is 1.92 bits per heavy atom. The molecule has 2 aromatic rings. The molecule has 0 aliphatic carbocycles. The van der Waals surface area contributed by atoms with E-state index in [9.17, 15) is 0 Å². The Labute approximate surface area is 241 Å². The highest BCUT2D eigenvalue weighted by Gasteiger charge is 2.47. The fourth-order valence-electron chi connectivity index (χ4n) is 4.97. The summed E-state index contributed by atoms with van der Waals surface area (Å²) in [7, 11) is 0. The quantitative estimate of drug-likeness (QED) is 0.182. The van der Waals surface area contributed by atoms with Crippen LogP contribution in [0.3, 0.4) is 0 Å². The van der Waals surface area contributed by atoms with Gasteiger partial charge in [0.15, 0.2) is 0 Å². The van der Waals surface area contributed by atoms with Crippen LogP contribution in [0.5, 0.6) is 5.75 Å². The Morgan fingerprint density at radius 2 is 1.33 bits per heavy atom. The van der Waals surface area contributed by atoms with Crippen LogP contribution in [0, 0.1) is 0 Å². The zero-order valence-corrected chi connectivity index (χ0v) is 25.4. The molecule has 0 spiro atoms. The SMILES string of the molecule is CCCCO[C@@H]1[C@@H](OCCCC)[C@H](c2ccc(Cl)c(Cc3ccc(OCC)cc3)c2)OC(C)[C@H]1OCCCC. The van der Waals surface area contributed by atoms with Crippen LogP contribution in [-0.2, 0) is 25.4 Å². The van der Waals surface area contributed by atoms with Crippen LogP contribution in [0.4, 0.5) is 0 Å². The number of benzene rings is 2. The number of hydrogen-bond acceptors (Lipinski definition) is 5. The van der Waals surface area contributed by atoms with E-state index in [1.54, 1.807) is 0 Å². The van der Waals surface area contributed by atoms with E-state index in [4.69, 9.17) is 35.3 Å². The van der Waals surface area contributed by atoms with Gasteiger partial charge in [0, 0.05) is 24.8 Å². The van der Waals surface area contributed by atoms with Gasteiger partial charge in [0.2, 0.25) is 0 Å². The lowest BCUT2D eigenvalue weighted by Crippen LogP contribution is -2.56. The summed E-state index contributed by atoms with van der Waals surface area (Å²) in [6.07, 6.45) is 5.93. The standard InChI is InChI=1S/C33H49ClO5/c1-6-10-19-36-30-24(5)39-31(33(38-21-12-8-3)32(30)37-20-11-7-2)26-15-18-29(34)27(23-26)22-25-13-16-28(17-14-25)35-9-4/h13-18,23-24,30-33H,6-12,19-22H2,1-5H3/t24?,30-,31+,32+,33+/m1/s1. The van der Waals surface area contributed by atoms with E-state index in [1.807, 2.05) is 25.1 Å². The number of hydrogen-bond donors (Lipinski definition) is 0. The molecule has 0 aromatic heterocycles. The summed E-state index contributed by atoms with van der Waals surface area (Å²) in [6, 6.07) is 14.4. The highest BCUT2D eigenvalue weighted by atomic mass is 35.5. The predicted octanol–water partition coefficient (Wildman–Crippen LogP) is 8.35. The minimum atomic E-state index is -0.272. The maximum Gasteiger partial charge on any atom is 0.119 e. The molecule has 6 heteroatoms. The molecule has 218 valence electrons. The van der Waals surface area contributed by atoms with Gasteiger partial charge in [-0.15, -0.1) is 0 Å². The van der Waals surface area contributed by atoms with Crippen LogP contribution in [-0.4, -0.2) is 50.8 Å². The zero-order valence-electron chi connectivity index (χ0n) is 24.6. The molecule has 1 unspecified atom stereocenters. The van der Waals surface area contributed by atoms with Crippen LogP contribution >= 0.6 is 11.6 Å². The highest BCUT2D eigenvalue weighted by Crippen LogP contribution is 2.38. The second kappa shape index (κ2) is 17.2. The topological polar surface area (TPSA) is 46.2 Å². The van der Waals surface area contributed by atoms with E-state index in [1.165, 1.54) is 5.56 Å². The lowest BCUT2D eigenvalue weighted by atomic mass is 9.89. The van der Waals surface area contributed by atoms with Crippen molar-refractivity contribution < 1.29 is 23.7 Å². The summed E-state index contributed by atoms with van der Waals surface area (Å²) in [5, 5.41) is 0.747. The summed E-state index contributed by atoms with van der Waals surface area (Å²) >= 11 is 6.70. The Kier molecular flexibility index (Phi) is 14.1. The van der Waals surface area contributed by atoms with Gasteiger partial charge < -0.3 is 23.7 Å². The Morgan fingerprint density at radius 1 is 0.744 bits per heavy atom. The molecular weight excluding hydrogens is 512 g/mol. The fourth-order valence-corrected chi connectivity index (χ4v) is 5.16. The minimum Gasteiger partial charge on any atom is -0.494 e. The molecule has 3 rings (SSSR count). The predicted molar refractivity (Wildman–Crippen MR) is 159 cm³/mol. The van der Waals surface area contributed by atoms with Gasteiger partial charge in [-0.3, -0.25) is 0 Å². The van der Waals surface area contributed by atoms with E-state index >= 15 is 0 Å². The van der Waals surface area contributed by atoms with Gasteiger partial charge in [-0.1, -0.05) is 75.9 Å².